The third kappa shape index (κ3) is 1.85. The van der Waals surface area contributed by atoms with Gasteiger partial charge in [-0.2, -0.15) is 0 Å². The van der Waals surface area contributed by atoms with Crippen LogP contribution in [0.4, 0.5) is 0 Å². The van der Waals surface area contributed by atoms with Crippen molar-refractivity contribution >= 4 is 17.8 Å². The molecule has 0 aliphatic carbocycles. The van der Waals surface area contributed by atoms with Gasteiger partial charge in [-0.3, -0.25) is 0 Å². The summed E-state index contributed by atoms with van der Waals surface area (Å²) in [6.45, 7) is 0. The summed E-state index contributed by atoms with van der Waals surface area (Å²) >= 11 is 5.71. The molecule has 1 aromatic carbocycles. The fourth-order valence-corrected chi connectivity index (χ4v) is 0.995. The third-order valence-electron chi connectivity index (χ3n) is 1.23. The third-order valence-corrected chi connectivity index (χ3v) is 1.46. The summed E-state index contributed by atoms with van der Waals surface area (Å²) in [7, 11) is 0. The van der Waals surface area contributed by atoms with Gasteiger partial charge in [-0.05, 0) is 23.9 Å². The first-order valence-corrected chi connectivity index (χ1v) is 3.44. The molecule has 0 atom stereocenters. The van der Waals surface area contributed by atoms with E-state index in [0.29, 0.717) is 6.42 Å². The summed E-state index contributed by atoms with van der Waals surface area (Å²) in [5.41, 5.74) is 1.09. The van der Waals surface area contributed by atoms with Crippen molar-refractivity contribution in [3.63, 3.8) is 0 Å². The molecular weight excluding hydrogens is 146 g/mol. The normalized spacial score (nSPS) is 9.30. The Bertz CT molecular complexity index is 232. The molecule has 0 radical (unpaired) electrons. The van der Waals surface area contributed by atoms with E-state index in [9.17, 15) is 0 Å². The largest absolute Gasteiger partial charge is 0.313 e. The van der Waals surface area contributed by atoms with Crippen LogP contribution in [0, 0.1) is 5.41 Å². The van der Waals surface area contributed by atoms with Gasteiger partial charge in [-0.15, -0.1) is 0 Å². The summed E-state index contributed by atoms with van der Waals surface area (Å²) in [5, 5.41) is 7.58. The zero-order valence-corrected chi connectivity index (χ0v) is 6.23. The molecule has 0 fully saturated rings. The van der Waals surface area contributed by atoms with E-state index >= 15 is 0 Å². The first-order valence-electron chi connectivity index (χ1n) is 3.06. The van der Waals surface area contributed by atoms with Crippen molar-refractivity contribution < 1.29 is 0 Å². The predicted molar refractivity (Wildman–Crippen MR) is 43.9 cm³/mol. The van der Waals surface area contributed by atoms with Crippen molar-refractivity contribution in [2.24, 2.45) is 0 Å². The number of halogens is 1. The average Bonchev–Trinajstić information content (AvgIpc) is 1.88. The minimum atomic E-state index is 0.667. The lowest BCUT2D eigenvalue weighted by Gasteiger charge is -1.94. The Labute approximate surface area is 65.1 Å². The molecule has 0 heterocycles. The first kappa shape index (κ1) is 7.29. The quantitative estimate of drug-likeness (QED) is 0.632. The van der Waals surface area contributed by atoms with Crippen LogP contribution < -0.4 is 0 Å². The van der Waals surface area contributed by atoms with E-state index in [4.69, 9.17) is 17.0 Å². The molecule has 1 aromatic rings. The second-order valence-electron chi connectivity index (χ2n) is 2.04. The number of rotatable bonds is 2. The van der Waals surface area contributed by atoms with Crippen LogP contribution in [-0.2, 0) is 6.42 Å². The van der Waals surface area contributed by atoms with Crippen LogP contribution in [0.1, 0.15) is 5.56 Å². The second-order valence-corrected chi connectivity index (χ2v) is 2.47. The molecule has 10 heavy (non-hydrogen) atoms. The van der Waals surface area contributed by atoms with E-state index in [1.165, 1.54) is 6.21 Å². The highest BCUT2D eigenvalue weighted by Crippen LogP contribution is 2.09. The lowest BCUT2D eigenvalue weighted by molar-refractivity contribution is 1.33. The molecule has 0 aromatic heterocycles. The van der Waals surface area contributed by atoms with Gasteiger partial charge < -0.3 is 5.41 Å². The standard InChI is InChI=1S/C8H8ClN/c9-8-3-1-2-7(6-8)4-5-10/h1-3,5-6,10H,4H2. The summed E-state index contributed by atoms with van der Waals surface area (Å²) in [6, 6.07) is 7.54. The van der Waals surface area contributed by atoms with Crippen molar-refractivity contribution in [2.45, 2.75) is 6.42 Å². The minimum absolute atomic E-state index is 0.667. The van der Waals surface area contributed by atoms with Crippen molar-refractivity contribution in [2.75, 3.05) is 0 Å². The highest BCUT2D eigenvalue weighted by molar-refractivity contribution is 6.30. The Kier molecular flexibility index (Phi) is 2.46. The highest BCUT2D eigenvalue weighted by Gasteiger charge is 1.89. The summed E-state index contributed by atoms with van der Waals surface area (Å²) in [4.78, 5) is 0. The molecule has 0 saturated heterocycles. The first-order chi connectivity index (χ1) is 4.83. The van der Waals surface area contributed by atoms with Crippen LogP contribution in [0.25, 0.3) is 0 Å². The Hall–Kier alpha value is -0.820. The Morgan fingerprint density at radius 3 is 2.90 bits per heavy atom. The topological polar surface area (TPSA) is 23.9 Å². The molecule has 1 rings (SSSR count). The van der Waals surface area contributed by atoms with Gasteiger partial charge in [0.25, 0.3) is 0 Å². The molecule has 0 bridgehead atoms. The van der Waals surface area contributed by atoms with Gasteiger partial charge in [0.05, 0.1) is 0 Å². The maximum absolute atomic E-state index is 6.84. The zero-order chi connectivity index (χ0) is 7.40. The molecule has 0 spiro atoms. The van der Waals surface area contributed by atoms with Crippen molar-refractivity contribution in [1.82, 2.24) is 0 Å². The molecule has 0 unspecified atom stereocenters. The number of benzene rings is 1. The van der Waals surface area contributed by atoms with Gasteiger partial charge in [-0.25, -0.2) is 0 Å². The molecule has 2 heteroatoms. The van der Waals surface area contributed by atoms with E-state index in [2.05, 4.69) is 0 Å². The molecule has 0 amide bonds. The van der Waals surface area contributed by atoms with Crippen molar-refractivity contribution in [1.29, 1.82) is 5.41 Å². The monoisotopic (exact) mass is 153 g/mol. The van der Waals surface area contributed by atoms with E-state index < -0.39 is 0 Å². The SMILES string of the molecule is N=CCc1cccc(Cl)c1. The van der Waals surface area contributed by atoms with E-state index in [-0.39, 0.29) is 0 Å². The molecule has 0 aliphatic rings. The van der Waals surface area contributed by atoms with Crippen LogP contribution in [0.15, 0.2) is 24.3 Å². The summed E-state index contributed by atoms with van der Waals surface area (Å²) < 4.78 is 0. The maximum atomic E-state index is 6.84. The van der Waals surface area contributed by atoms with Gasteiger partial charge in [0, 0.05) is 11.4 Å². The highest BCUT2D eigenvalue weighted by atomic mass is 35.5. The fourth-order valence-electron chi connectivity index (χ4n) is 0.782. The van der Waals surface area contributed by atoms with Gasteiger partial charge in [0.1, 0.15) is 0 Å². The molecule has 1 nitrogen and oxygen atoms in total. The summed E-state index contributed by atoms with van der Waals surface area (Å²) in [5.74, 6) is 0. The van der Waals surface area contributed by atoms with Crippen molar-refractivity contribution in [3.05, 3.63) is 34.9 Å². The number of nitrogens with one attached hydrogen (secondary N) is 1. The van der Waals surface area contributed by atoms with Gasteiger partial charge in [0.15, 0.2) is 0 Å². The Morgan fingerprint density at radius 2 is 2.30 bits per heavy atom. The zero-order valence-electron chi connectivity index (χ0n) is 5.47. The van der Waals surface area contributed by atoms with E-state index in [1.807, 2.05) is 24.3 Å². The van der Waals surface area contributed by atoms with Gasteiger partial charge in [0.2, 0.25) is 0 Å². The Morgan fingerprint density at radius 1 is 1.50 bits per heavy atom. The number of hydrogen-bond acceptors (Lipinski definition) is 1. The number of hydrogen-bond donors (Lipinski definition) is 1. The molecule has 0 saturated carbocycles. The predicted octanol–water partition coefficient (Wildman–Crippen LogP) is 2.53. The molecule has 52 valence electrons. The van der Waals surface area contributed by atoms with Crippen LogP contribution in [0.2, 0.25) is 5.02 Å². The molecule has 1 N–H and O–H groups in total. The van der Waals surface area contributed by atoms with Crippen LogP contribution >= 0.6 is 11.6 Å². The molecule has 0 aliphatic heterocycles. The van der Waals surface area contributed by atoms with Gasteiger partial charge >= 0.3 is 0 Å². The van der Waals surface area contributed by atoms with E-state index in [0.717, 1.165) is 10.6 Å². The smallest absolute Gasteiger partial charge is 0.0408 e. The molecular formula is C8H8ClN. The van der Waals surface area contributed by atoms with Crippen LogP contribution in [-0.4, -0.2) is 6.21 Å². The minimum Gasteiger partial charge on any atom is -0.313 e. The van der Waals surface area contributed by atoms with Crippen LogP contribution in [0.3, 0.4) is 0 Å². The van der Waals surface area contributed by atoms with Crippen molar-refractivity contribution in [3.8, 4) is 0 Å². The maximum Gasteiger partial charge on any atom is 0.0408 e. The Balaban J connectivity index is 2.84. The van der Waals surface area contributed by atoms with Crippen LogP contribution in [0.5, 0.6) is 0 Å². The average molecular weight is 154 g/mol. The second kappa shape index (κ2) is 3.37. The fraction of sp³-hybridized carbons (Fsp3) is 0.125. The summed E-state index contributed by atoms with van der Waals surface area (Å²) in [6.07, 6.45) is 2.03. The lowest BCUT2D eigenvalue weighted by atomic mass is 10.2. The van der Waals surface area contributed by atoms with Gasteiger partial charge in [-0.1, -0.05) is 23.7 Å². The lowest BCUT2D eigenvalue weighted by Crippen LogP contribution is -1.82. The van der Waals surface area contributed by atoms with E-state index in [1.54, 1.807) is 0 Å².